The standard InChI is InChI=1S/C19H25NO3S2/c1-11-12(2)14(4)19(15(5)13(11)3)25(22,23)20-10-9-17-7-8-18(24-17)16(6)21/h7-8,20H,9-10H2,1-6H3. The predicted octanol–water partition coefficient (Wildman–Crippen LogP) is 4.01. The predicted molar refractivity (Wildman–Crippen MR) is 103 cm³/mol. The van der Waals surface area contributed by atoms with E-state index >= 15 is 0 Å². The lowest BCUT2D eigenvalue weighted by atomic mass is 9.95. The largest absolute Gasteiger partial charge is 0.294 e. The minimum absolute atomic E-state index is 0.0358. The van der Waals surface area contributed by atoms with Gasteiger partial charge in [0.05, 0.1) is 9.77 Å². The molecule has 4 nitrogen and oxygen atoms in total. The molecule has 1 heterocycles. The molecular formula is C19H25NO3S2. The number of nitrogens with one attached hydrogen (secondary N) is 1. The fraction of sp³-hybridized carbons (Fsp3) is 0.421. The van der Waals surface area contributed by atoms with E-state index in [1.54, 1.807) is 6.07 Å². The summed E-state index contributed by atoms with van der Waals surface area (Å²) in [5, 5.41) is 0. The van der Waals surface area contributed by atoms with Crippen molar-refractivity contribution in [3.05, 3.63) is 49.7 Å². The first-order valence-corrected chi connectivity index (χ1v) is 10.5. The zero-order chi connectivity index (χ0) is 18.9. The molecule has 0 fully saturated rings. The van der Waals surface area contributed by atoms with Gasteiger partial charge in [-0.3, -0.25) is 4.79 Å². The second-order valence-corrected chi connectivity index (χ2v) is 9.30. The number of hydrogen-bond donors (Lipinski definition) is 1. The van der Waals surface area contributed by atoms with Crippen molar-refractivity contribution in [3.8, 4) is 0 Å². The van der Waals surface area contributed by atoms with Crippen LogP contribution in [0.3, 0.4) is 0 Å². The van der Waals surface area contributed by atoms with Gasteiger partial charge in [-0.1, -0.05) is 0 Å². The van der Waals surface area contributed by atoms with Crippen LogP contribution >= 0.6 is 11.3 Å². The quantitative estimate of drug-likeness (QED) is 0.771. The van der Waals surface area contributed by atoms with E-state index in [1.807, 2.05) is 40.7 Å². The molecule has 1 aromatic heterocycles. The molecule has 0 spiro atoms. The van der Waals surface area contributed by atoms with Crippen LogP contribution in [0, 0.1) is 34.6 Å². The molecule has 2 aromatic rings. The minimum Gasteiger partial charge on any atom is -0.294 e. The van der Waals surface area contributed by atoms with Gasteiger partial charge in [-0.05, 0) is 87.9 Å². The molecule has 0 bridgehead atoms. The Hall–Kier alpha value is -1.50. The fourth-order valence-corrected chi connectivity index (χ4v) is 5.48. The highest BCUT2D eigenvalue weighted by atomic mass is 32.2. The van der Waals surface area contributed by atoms with Gasteiger partial charge in [-0.2, -0.15) is 0 Å². The summed E-state index contributed by atoms with van der Waals surface area (Å²) in [6.07, 6.45) is 0.569. The summed E-state index contributed by atoms with van der Waals surface area (Å²) in [5.41, 5.74) is 4.80. The molecule has 25 heavy (non-hydrogen) atoms. The second-order valence-electron chi connectivity index (χ2n) is 6.42. The molecule has 136 valence electrons. The number of hydrogen-bond acceptors (Lipinski definition) is 4. The van der Waals surface area contributed by atoms with Crippen LogP contribution in [0.1, 0.15) is 49.3 Å². The Morgan fingerprint density at radius 1 is 0.960 bits per heavy atom. The van der Waals surface area contributed by atoms with E-state index in [4.69, 9.17) is 0 Å². The van der Waals surface area contributed by atoms with Crippen molar-refractivity contribution >= 4 is 27.1 Å². The van der Waals surface area contributed by atoms with Crippen LogP contribution < -0.4 is 4.72 Å². The molecule has 0 atom stereocenters. The molecule has 0 saturated carbocycles. The van der Waals surface area contributed by atoms with E-state index in [1.165, 1.54) is 18.3 Å². The van der Waals surface area contributed by atoms with Gasteiger partial charge in [0.15, 0.2) is 5.78 Å². The SMILES string of the molecule is CC(=O)c1ccc(CCNS(=O)(=O)c2c(C)c(C)c(C)c(C)c2C)s1. The molecule has 1 N–H and O–H groups in total. The van der Waals surface area contributed by atoms with Gasteiger partial charge >= 0.3 is 0 Å². The fourth-order valence-electron chi connectivity index (χ4n) is 2.95. The molecule has 0 amide bonds. The van der Waals surface area contributed by atoms with Crippen molar-refractivity contribution in [3.63, 3.8) is 0 Å². The lowest BCUT2D eigenvalue weighted by molar-refractivity contribution is 0.102. The van der Waals surface area contributed by atoms with Crippen molar-refractivity contribution in [2.24, 2.45) is 0 Å². The monoisotopic (exact) mass is 379 g/mol. The van der Waals surface area contributed by atoms with Gasteiger partial charge in [0, 0.05) is 11.4 Å². The normalized spacial score (nSPS) is 11.8. The van der Waals surface area contributed by atoms with E-state index in [-0.39, 0.29) is 5.78 Å². The Kier molecular flexibility index (Phi) is 5.86. The lowest BCUT2D eigenvalue weighted by Gasteiger charge is -2.19. The van der Waals surface area contributed by atoms with Crippen LogP contribution in [-0.2, 0) is 16.4 Å². The molecule has 1 aromatic carbocycles. The Morgan fingerprint density at radius 2 is 1.48 bits per heavy atom. The van der Waals surface area contributed by atoms with E-state index in [0.717, 1.165) is 32.7 Å². The third-order valence-electron chi connectivity index (χ3n) is 4.87. The molecular weight excluding hydrogens is 354 g/mol. The van der Waals surface area contributed by atoms with E-state index in [0.29, 0.717) is 22.7 Å². The zero-order valence-electron chi connectivity index (χ0n) is 15.6. The summed E-state index contributed by atoms with van der Waals surface area (Å²) in [4.78, 5) is 13.4. The maximum Gasteiger partial charge on any atom is 0.241 e. The number of ketones is 1. The van der Waals surface area contributed by atoms with Crippen LogP contribution in [0.25, 0.3) is 0 Å². The Balaban J connectivity index is 2.21. The third kappa shape index (κ3) is 4.02. The summed E-state index contributed by atoms with van der Waals surface area (Å²) in [7, 11) is -3.58. The van der Waals surface area contributed by atoms with Crippen molar-refractivity contribution < 1.29 is 13.2 Å². The van der Waals surface area contributed by atoms with Crippen LogP contribution in [0.2, 0.25) is 0 Å². The smallest absolute Gasteiger partial charge is 0.241 e. The van der Waals surface area contributed by atoms with Crippen molar-refractivity contribution in [2.75, 3.05) is 6.54 Å². The van der Waals surface area contributed by atoms with Gasteiger partial charge in [0.2, 0.25) is 10.0 Å². The van der Waals surface area contributed by atoms with Gasteiger partial charge in [-0.15, -0.1) is 11.3 Å². The van der Waals surface area contributed by atoms with Gasteiger partial charge in [0.25, 0.3) is 0 Å². The van der Waals surface area contributed by atoms with Gasteiger partial charge in [0.1, 0.15) is 0 Å². The van der Waals surface area contributed by atoms with Crippen LogP contribution in [0.15, 0.2) is 17.0 Å². The molecule has 0 unspecified atom stereocenters. The topological polar surface area (TPSA) is 63.2 Å². The summed E-state index contributed by atoms with van der Waals surface area (Å²) < 4.78 is 28.4. The molecule has 0 saturated heterocycles. The molecule has 0 aliphatic rings. The number of carbonyl (C=O) groups is 1. The average molecular weight is 380 g/mol. The van der Waals surface area contributed by atoms with E-state index < -0.39 is 10.0 Å². The summed E-state index contributed by atoms with van der Waals surface area (Å²) >= 11 is 1.42. The highest BCUT2D eigenvalue weighted by Gasteiger charge is 2.23. The van der Waals surface area contributed by atoms with E-state index in [2.05, 4.69) is 4.72 Å². The third-order valence-corrected chi connectivity index (χ3v) is 7.85. The van der Waals surface area contributed by atoms with Crippen LogP contribution in [0.4, 0.5) is 0 Å². The van der Waals surface area contributed by atoms with Gasteiger partial charge < -0.3 is 0 Å². The molecule has 6 heteroatoms. The maximum atomic E-state index is 12.8. The Morgan fingerprint density at radius 3 is 1.96 bits per heavy atom. The molecule has 0 radical (unpaired) electrons. The Labute approximate surface area is 154 Å². The molecule has 0 aliphatic carbocycles. The lowest BCUT2D eigenvalue weighted by Crippen LogP contribution is -2.28. The van der Waals surface area contributed by atoms with Crippen molar-refractivity contribution in [1.29, 1.82) is 0 Å². The van der Waals surface area contributed by atoms with Gasteiger partial charge in [-0.25, -0.2) is 13.1 Å². The summed E-state index contributed by atoms with van der Waals surface area (Å²) in [6, 6.07) is 3.67. The molecule has 2 rings (SSSR count). The minimum atomic E-state index is -3.58. The first-order valence-electron chi connectivity index (χ1n) is 8.22. The first-order chi connectivity index (χ1) is 11.6. The van der Waals surface area contributed by atoms with Crippen molar-refractivity contribution in [1.82, 2.24) is 4.72 Å². The summed E-state index contributed by atoms with van der Waals surface area (Å²) in [6.45, 7) is 11.5. The average Bonchev–Trinajstić information content (AvgIpc) is 3.00. The van der Waals surface area contributed by atoms with Crippen molar-refractivity contribution in [2.45, 2.75) is 52.9 Å². The maximum absolute atomic E-state index is 12.8. The number of sulfonamides is 1. The first kappa shape index (κ1) is 19.8. The zero-order valence-corrected chi connectivity index (χ0v) is 17.2. The highest BCUT2D eigenvalue weighted by Crippen LogP contribution is 2.29. The number of rotatable bonds is 6. The Bertz CT molecular complexity index is 895. The summed E-state index contributed by atoms with van der Waals surface area (Å²) in [5.74, 6) is 0.0358. The van der Waals surface area contributed by atoms with E-state index in [9.17, 15) is 13.2 Å². The van der Waals surface area contributed by atoms with Crippen LogP contribution in [0.5, 0.6) is 0 Å². The van der Waals surface area contributed by atoms with Crippen LogP contribution in [-0.4, -0.2) is 20.7 Å². The number of thiophene rings is 1. The number of carbonyl (C=O) groups excluding carboxylic acids is 1. The molecule has 0 aliphatic heterocycles. The second kappa shape index (κ2) is 7.40. The number of Topliss-reactive ketones (excluding diaryl/α,β-unsaturated/α-hetero) is 1. The highest BCUT2D eigenvalue weighted by molar-refractivity contribution is 7.89. The number of benzene rings is 1.